The van der Waals surface area contributed by atoms with Gasteiger partial charge in [0.25, 0.3) is 5.91 Å². The zero-order valence-corrected chi connectivity index (χ0v) is 12.6. The second kappa shape index (κ2) is 5.58. The number of amides is 1. The van der Waals surface area contributed by atoms with Gasteiger partial charge in [-0.2, -0.15) is 0 Å². The normalized spacial score (nSPS) is 10.5. The van der Waals surface area contributed by atoms with Crippen molar-refractivity contribution in [3.05, 3.63) is 70.7 Å². The number of hydrogen-bond acceptors (Lipinski definition) is 2. The summed E-state index contributed by atoms with van der Waals surface area (Å²) in [5.74, 6) is -0.208. The van der Waals surface area contributed by atoms with Gasteiger partial charge in [0, 0.05) is 15.4 Å². The summed E-state index contributed by atoms with van der Waals surface area (Å²) in [6, 6.07) is 18.1. The van der Waals surface area contributed by atoms with Gasteiger partial charge in [0.15, 0.2) is 0 Å². The molecule has 3 rings (SSSR count). The van der Waals surface area contributed by atoms with E-state index in [1.165, 1.54) is 0 Å². The maximum Gasteiger partial charge on any atom is 0.255 e. The molecule has 0 radical (unpaired) electrons. The Hall–Kier alpha value is -2.33. The van der Waals surface area contributed by atoms with Crippen molar-refractivity contribution < 1.29 is 9.90 Å². The van der Waals surface area contributed by atoms with Crippen LogP contribution in [0.1, 0.15) is 10.4 Å². The monoisotopic (exact) mass is 341 g/mol. The summed E-state index contributed by atoms with van der Waals surface area (Å²) in [4.78, 5) is 12.3. The molecule has 1 amide bonds. The predicted octanol–water partition coefficient (Wildman–Crippen LogP) is 4.56. The number of halogens is 1. The largest absolute Gasteiger partial charge is 0.506 e. The standard InChI is InChI=1S/C17H12BrNO2/c18-13-6-3-5-12(10-13)17(21)19-16-14-7-2-1-4-11(14)8-9-15(16)20/h1-10,20H,(H,19,21). The molecule has 104 valence electrons. The van der Waals surface area contributed by atoms with Gasteiger partial charge in [-0.25, -0.2) is 0 Å². The second-order valence-corrected chi connectivity index (χ2v) is 5.56. The molecule has 0 aromatic heterocycles. The summed E-state index contributed by atoms with van der Waals surface area (Å²) in [5.41, 5.74) is 0.954. The first-order chi connectivity index (χ1) is 10.1. The lowest BCUT2D eigenvalue weighted by Crippen LogP contribution is -2.12. The SMILES string of the molecule is O=C(Nc1c(O)ccc2ccccc12)c1cccc(Br)c1. The summed E-state index contributed by atoms with van der Waals surface area (Å²) >= 11 is 3.34. The van der Waals surface area contributed by atoms with Crippen LogP contribution in [-0.4, -0.2) is 11.0 Å². The van der Waals surface area contributed by atoms with Crippen molar-refractivity contribution in [1.82, 2.24) is 0 Å². The third kappa shape index (κ3) is 2.76. The fraction of sp³-hybridized carbons (Fsp3) is 0. The molecule has 3 aromatic carbocycles. The minimum absolute atomic E-state index is 0.0528. The maximum atomic E-state index is 12.3. The lowest BCUT2D eigenvalue weighted by atomic mass is 10.1. The predicted molar refractivity (Wildman–Crippen MR) is 87.7 cm³/mol. The van der Waals surface area contributed by atoms with Crippen LogP contribution in [0.25, 0.3) is 10.8 Å². The highest BCUT2D eigenvalue weighted by atomic mass is 79.9. The van der Waals surface area contributed by atoms with Crippen LogP contribution < -0.4 is 5.32 Å². The summed E-state index contributed by atoms with van der Waals surface area (Å²) in [5, 5.41) is 14.6. The molecule has 0 aliphatic rings. The average Bonchev–Trinajstić information content (AvgIpc) is 2.50. The van der Waals surface area contributed by atoms with E-state index in [4.69, 9.17) is 0 Å². The lowest BCUT2D eigenvalue weighted by Gasteiger charge is -2.11. The molecule has 0 saturated carbocycles. The molecule has 0 fully saturated rings. The first-order valence-corrected chi connectivity index (χ1v) is 7.22. The van der Waals surface area contributed by atoms with Crippen LogP contribution in [-0.2, 0) is 0 Å². The molecule has 0 bridgehead atoms. The first kappa shape index (κ1) is 13.6. The Morgan fingerprint density at radius 3 is 2.62 bits per heavy atom. The minimum atomic E-state index is -0.261. The van der Waals surface area contributed by atoms with Crippen molar-refractivity contribution >= 4 is 38.3 Å². The Bertz CT molecular complexity index is 830. The van der Waals surface area contributed by atoms with Gasteiger partial charge in [0.2, 0.25) is 0 Å². The Labute approximate surface area is 130 Å². The van der Waals surface area contributed by atoms with Gasteiger partial charge in [0.05, 0.1) is 5.69 Å². The molecule has 0 unspecified atom stereocenters. The van der Waals surface area contributed by atoms with Crippen molar-refractivity contribution in [1.29, 1.82) is 0 Å². The molecular weight excluding hydrogens is 330 g/mol. The van der Waals surface area contributed by atoms with Gasteiger partial charge in [-0.1, -0.05) is 52.3 Å². The maximum absolute atomic E-state index is 12.3. The number of nitrogens with one attached hydrogen (secondary N) is 1. The van der Waals surface area contributed by atoms with Gasteiger partial charge in [-0.05, 0) is 29.7 Å². The number of phenols is 1. The summed E-state index contributed by atoms with van der Waals surface area (Å²) in [6.45, 7) is 0. The van der Waals surface area contributed by atoms with Crippen LogP contribution in [0.4, 0.5) is 5.69 Å². The number of phenolic OH excluding ortho intramolecular Hbond substituents is 1. The molecule has 0 saturated heterocycles. The Kier molecular flexibility index (Phi) is 3.62. The fourth-order valence-electron chi connectivity index (χ4n) is 2.21. The summed E-state index contributed by atoms with van der Waals surface area (Å²) in [7, 11) is 0. The number of rotatable bonds is 2. The zero-order valence-electron chi connectivity index (χ0n) is 11.0. The van der Waals surface area contributed by atoms with Crippen molar-refractivity contribution in [2.75, 3.05) is 5.32 Å². The first-order valence-electron chi connectivity index (χ1n) is 6.43. The molecule has 0 aliphatic carbocycles. The summed E-state index contributed by atoms with van der Waals surface area (Å²) in [6.07, 6.45) is 0. The molecule has 2 N–H and O–H groups in total. The van der Waals surface area contributed by atoms with Gasteiger partial charge in [0.1, 0.15) is 5.75 Å². The molecule has 0 spiro atoms. The van der Waals surface area contributed by atoms with E-state index >= 15 is 0 Å². The van der Waals surface area contributed by atoms with Gasteiger partial charge >= 0.3 is 0 Å². The Balaban J connectivity index is 2.02. The smallest absolute Gasteiger partial charge is 0.255 e. The quantitative estimate of drug-likeness (QED) is 0.671. The lowest BCUT2D eigenvalue weighted by molar-refractivity contribution is 0.102. The van der Waals surface area contributed by atoms with E-state index < -0.39 is 0 Å². The molecule has 0 atom stereocenters. The number of hydrogen-bond donors (Lipinski definition) is 2. The number of anilines is 1. The highest BCUT2D eigenvalue weighted by Gasteiger charge is 2.12. The molecule has 3 aromatic rings. The van der Waals surface area contributed by atoms with Crippen molar-refractivity contribution in [3.8, 4) is 5.75 Å². The summed E-state index contributed by atoms with van der Waals surface area (Å²) < 4.78 is 0.831. The molecule has 0 aliphatic heterocycles. The Morgan fingerprint density at radius 1 is 1.00 bits per heavy atom. The van der Waals surface area contributed by atoms with E-state index in [-0.39, 0.29) is 11.7 Å². The van der Waals surface area contributed by atoms with Crippen molar-refractivity contribution in [2.24, 2.45) is 0 Å². The molecule has 3 nitrogen and oxygen atoms in total. The van der Waals surface area contributed by atoms with E-state index in [0.29, 0.717) is 11.3 Å². The average molecular weight is 342 g/mol. The Morgan fingerprint density at radius 2 is 1.81 bits per heavy atom. The van der Waals surface area contributed by atoms with Crippen LogP contribution in [0, 0.1) is 0 Å². The molecule has 21 heavy (non-hydrogen) atoms. The number of benzene rings is 3. The molecule has 0 heterocycles. The molecular formula is C17H12BrNO2. The number of carbonyl (C=O) groups excluding carboxylic acids is 1. The van der Waals surface area contributed by atoms with Crippen molar-refractivity contribution in [2.45, 2.75) is 0 Å². The van der Waals surface area contributed by atoms with Crippen LogP contribution in [0.2, 0.25) is 0 Å². The zero-order chi connectivity index (χ0) is 14.8. The molecule has 4 heteroatoms. The fourth-order valence-corrected chi connectivity index (χ4v) is 2.61. The second-order valence-electron chi connectivity index (χ2n) is 4.65. The number of carbonyl (C=O) groups is 1. The minimum Gasteiger partial charge on any atom is -0.506 e. The van der Waals surface area contributed by atoms with Gasteiger partial charge in [-0.15, -0.1) is 0 Å². The van der Waals surface area contributed by atoms with Crippen LogP contribution in [0.5, 0.6) is 5.75 Å². The van der Waals surface area contributed by atoms with E-state index in [1.54, 1.807) is 24.3 Å². The van der Waals surface area contributed by atoms with E-state index in [0.717, 1.165) is 15.2 Å². The van der Waals surface area contributed by atoms with Crippen molar-refractivity contribution in [3.63, 3.8) is 0 Å². The third-order valence-corrected chi connectivity index (χ3v) is 3.73. The van der Waals surface area contributed by atoms with Crippen LogP contribution in [0.3, 0.4) is 0 Å². The van der Waals surface area contributed by atoms with Gasteiger partial charge in [-0.3, -0.25) is 4.79 Å². The van der Waals surface area contributed by atoms with Crippen LogP contribution >= 0.6 is 15.9 Å². The third-order valence-electron chi connectivity index (χ3n) is 3.23. The number of fused-ring (bicyclic) bond motifs is 1. The van der Waals surface area contributed by atoms with Crippen LogP contribution in [0.15, 0.2) is 65.1 Å². The van der Waals surface area contributed by atoms with Gasteiger partial charge < -0.3 is 10.4 Å². The van der Waals surface area contributed by atoms with E-state index in [1.807, 2.05) is 36.4 Å². The highest BCUT2D eigenvalue weighted by Crippen LogP contribution is 2.32. The highest BCUT2D eigenvalue weighted by molar-refractivity contribution is 9.10. The number of aromatic hydroxyl groups is 1. The topological polar surface area (TPSA) is 49.3 Å². The van der Waals surface area contributed by atoms with E-state index in [9.17, 15) is 9.90 Å². The van der Waals surface area contributed by atoms with E-state index in [2.05, 4.69) is 21.2 Å².